The maximum Gasteiger partial charge on any atom is 0.391 e. The van der Waals surface area contributed by atoms with Crippen molar-refractivity contribution in [3.63, 3.8) is 0 Å². The van der Waals surface area contributed by atoms with E-state index in [1.54, 1.807) is 0 Å². The van der Waals surface area contributed by atoms with Crippen LogP contribution in [0.1, 0.15) is 26.7 Å². The summed E-state index contributed by atoms with van der Waals surface area (Å²) in [5.74, 6) is -1.09. The molecule has 0 unspecified atom stereocenters. The lowest BCUT2D eigenvalue weighted by molar-refractivity contribution is -0.184. The Labute approximate surface area is 120 Å². The molecule has 0 aliphatic carbocycles. The number of rotatable bonds is 8. The molecule has 0 aromatic rings. The molecule has 6 heteroatoms. The minimum absolute atomic E-state index is 0.253. The first-order chi connectivity index (χ1) is 9.47. The second kappa shape index (κ2) is 8.85. The molecular weight excluding hydrogens is 267 g/mol. The van der Waals surface area contributed by atoms with E-state index >= 15 is 0 Å². The van der Waals surface area contributed by atoms with Gasteiger partial charge < -0.3 is 15.1 Å². The number of alkyl halides is 3. The van der Waals surface area contributed by atoms with Gasteiger partial charge in [-0.2, -0.15) is 13.2 Å². The van der Waals surface area contributed by atoms with Crippen LogP contribution in [0.15, 0.2) is 0 Å². The van der Waals surface area contributed by atoms with Gasteiger partial charge in [-0.3, -0.25) is 0 Å². The predicted molar refractivity (Wildman–Crippen MR) is 75.9 cm³/mol. The third-order valence-electron chi connectivity index (χ3n) is 4.15. The first-order valence-corrected chi connectivity index (χ1v) is 7.69. The molecule has 120 valence electrons. The van der Waals surface area contributed by atoms with Gasteiger partial charge in [0.1, 0.15) is 0 Å². The smallest absolute Gasteiger partial charge is 0.314 e. The Morgan fingerprint density at radius 3 is 2.20 bits per heavy atom. The molecule has 0 spiro atoms. The highest BCUT2D eigenvalue weighted by Crippen LogP contribution is 2.33. The molecule has 0 aromatic carbocycles. The second-order valence-corrected chi connectivity index (χ2v) is 5.43. The van der Waals surface area contributed by atoms with E-state index in [0.29, 0.717) is 13.1 Å². The summed E-state index contributed by atoms with van der Waals surface area (Å²) >= 11 is 0. The molecular formula is C14H28F3N3. The van der Waals surface area contributed by atoms with Gasteiger partial charge in [-0.05, 0) is 39.0 Å². The lowest BCUT2D eigenvalue weighted by Crippen LogP contribution is -2.42. The van der Waals surface area contributed by atoms with Crippen LogP contribution in [0.3, 0.4) is 0 Å². The van der Waals surface area contributed by atoms with Crippen molar-refractivity contribution in [2.75, 3.05) is 52.4 Å². The molecule has 0 amide bonds. The molecule has 1 heterocycles. The molecule has 0 saturated carbocycles. The molecule has 1 N–H and O–H groups in total. The quantitative estimate of drug-likeness (QED) is 0.693. The van der Waals surface area contributed by atoms with Crippen LogP contribution in [0.25, 0.3) is 0 Å². The van der Waals surface area contributed by atoms with Crippen molar-refractivity contribution in [1.29, 1.82) is 0 Å². The summed E-state index contributed by atoms with van der Waals surface area (Å²) in [4.78, 5) is 4.48. The van der Waals surface area contributed by atoms with E-state index in [2.05, 4.69) is 29.0 Å². The Morgan fingerprint density at radius 2 is 1.70 bits per heavy atom. The monoisotopic (exact) mass is 295 g/mol. The molecule has 1 rings (SSSR count). The molecule has 1 aliphatic rings. The summed E-state index contributed by atoms with van der Waals surface area (Å²) in [7, 11) is 0. The number of halogens is 3. The van der Waals surface area contributed by atoms with Crippen LogP contribution in [0.4, 0.5) is 13.2 Å². The van der Waals surface area contributed by atoms with E-state index in [0.717, 1.165) is 39.3 Å². The molecule has 1 saturated heterocycles. The summed E-state index contributed by atoms with van der Waals surface area (Å²) in [6.45, 7) is 11.2. The Bertz CT molecular complexity index is 247. The van der Waals surface area contributed by atoms with Gasteiger partial charge in [0.25, 0.3) is 0 Å². The van der Waals surface area contributed by atoms with E-state index in [1.807, 2.05) is 0 Å². The van der Waals surface area contributed by atoms with Crippen LogP contribution in [0.5, 0.6) is 0 Å². The summed E-state index contributed by atoms with van der Waals surface area (Å²) in [5, 5.41) is 3.37. The first kappa shape index (κ1) is 17.7. The standard InChI is InChI=1S/C14H28F3N3/c1-3-19(4-2)11-7-18-8-12-20-9-5-13(6-10-20)14(15,16)17/h13,18H,3-12H2,1-2H3. The van der Waals surface area contributed by atoms with E-state index in [9.17, 15) is 13.2 Å². The van der Waals surface area contributed by atoms with Gasteiger partial charge in [0.05, 0.1) is 5.92 Å². The number of piperidine rings is 1. The van der Waals surface area contributed by atoms with Crippen LogP contribution in [0, 0.1) is 5.92 Å². The van der Waals surface area contributed by atoms with Gasteiger partial charge in [-0.25, -0.2) is 0 Å². The van der Waals surface area contributed by atoms with Gasteiger partial charge in [0.2, 0.25) is 0 Å². The zero-order valence-electron chi connectivity index (χ0n) is 12.7. The van der Waals surface area contributed by atoms with Crippen LogP contribution in [-0.4, -0.2) is 68.3 Å². The van der Waals surface area contributed by atoms with Crippen LogP contribution < -0.4 is 5.32 Å². The zero-order chi connectivity index (χ0) is 15.0. The molecule has 20 heavy (non-hydrogen) atoms. The van der Waals surface area contributed by atoms with Crippen molar-refractivity contribution in [3.05, 3.63) is 0 Å². The van der Waals surface area contributed by atoms with Crippen molar-refractivity contribution >= 4 is 0 Å². The van der Waals surface area contributed by atoms with Gasteiger partial charge >= 0.3 is 6.18 Å². The number of nitrogens with zero attached hydrogens (tertiary/aromatic N) is 2. The van der Waals surface area contributed by atoms with Crippen molar-refractivity contribution in [3.8, 4) is 0 Å². The molecule has 1 aliphatic heterocycles. The minimum atomic E-state index is -4.01. The summed E-state index contributed by atoms with van der Waals surface area (Å²) < 4.78 is 37.6. The second-order valence-electron chi connectivity index (χ2n) is 5.43. The molecule has 0 bridgehead atoms. The van der Waals surface area contributed by atoms with E-state index in [-0.39, 0.29) is 12.8 Å². The van der Waals surface area contributed by atoms with Crippen LogP contribution in [-0.2, 0) is 0 Å². The van der Waals surface area contributed by atoms with E-state index in [1.165, 1.54) is 0 Å². The van der Waals surface area contributed by atoms with Gasteiger partial charge in [-0.15, -0.1) is 0 Å². The number of likely N-dealkylation sites (N-methyl/N-ethyl adjacent to an activating group) is 1. The fourth-order valence-electron chi connectivity index (χ4n) is 2.62. The topological polar surface area (TPSA) is 18.5 Å². The zero-order valence-corrected chi connectivity index (χ0v) is 12.7. The maximum atomic E-state index is 12.5. The Morgan fingerprint density at radius 1 is 1.10 bits per heavy atom. The third kappa shape index (κ3) is 6.41. The highest BCUT2D eigenvalue weighted by atomic mass is 19.4. The Hall–Kier alpha value is -0.330. The largest absolute Gasteiger partial charge is 0.391 e. The van der Waals surface area contributed by atoms with Crippen molar-refractivity contribution in [2.24, 2.45) is 5.92 Å². The van der Waals surface area contributed by atoms with Crippen molar-refractivity contribution in [2.45, 2.75) is 32.9 Å². The number of hydrogen-bond donors (Lipinski definition) is 1. The molecule has 0 atom stereocenters. The fourth-order valence-corrected chi connectivity index (χ4v) is 2.62. The average Bonchev–Trinajstić information content (AvgIpc) is 2.42. The van der Waals surface area contributed by atoms with Crippen LogP contribution >= 0.6 is 0 Å². The lowest BCUT2D eigenvalue weighted by Gasteiger charge is -2.32. The lowest BCUT2D eigenvalue weighted by atomic mass is 9.96. The van der Waals surface area contributed by atoms with Gasteiger partial charge in [-0.1, -0.05) is 13.8 Å². The van der Waals surface area contributed by atoms with Crippen molar-refractivity contribution < 1.29 is 13.2 Å². The summed E-state index contributed by atoms with van der Waals surface area (Å²) in [6.07, 6.45) is -3.50. The molecule has 0 aromatic heterocycles. The maximum absolute atomic E-state index is 12.5. The Balaban J connectivity index is 2.04. The predicted octanol–water partition coefficient (Wildman–Crippen LogP) is 2.19. The van der Waals surface area contributed by atoms with Crippen LogP contribution in [0.2, 0.25) is 0 Å². The first-order valence-electron chi connectivity index (χ1n) is 7.69. The normalized spacial score (nSPS) is 18.9. The van der Waals surface area contributed by atoms with Crippen molar-refractivity contribution in [1.82, 2.24) is 15.1 Å². The summed E-state index contributed by atoms with van der Waals surface area (Å²) in [5.41, 5.74) is 0. The molecule has 1 fully saturated rings. The summed E-state index contributed by atoms with van der Waals surface area (Å²) in [6, 6.07) is 0. The molecule has 3 nitrogen and oxygen atoms in total. The third-order valence-corrected chi connectivity index (χ3v) is 4.15. The highest BCUT2D eigenvalue weighted by Gasteiger charge is 2.40. The van der Waals surface area contributed by atoms with E-state index in [4.69, 9.17) is 0 Å². The number of nitrogens with one attached hydrogen (secondary N) is 1. The number of likely N-dealkylation sites (tertiary alicyclic amines) is 1. The minimum Gasteiger partial charge on any atom is -0.314 e. The SMILES string of the molecule is CCN(CC)CCNCCN1CCC(C(F)(F)F)CC1. The number of hydrogen-bond acceptors (Lipinski definition) is 3. The fraction of sp³-hybridized carbons (Fsp3) is 1.00. The van der Waals surface area contributed by atoms with Gasteiger partial charge in [0.15, 0.2) is 0 Å². The average molecular weight is 295 g/mol. The Kier molecular flexibility index (Phi) is 7.84. The highest BCUT2D eigenvalue weighted by molar-refractivity contribution is 4.77. The molecule has 0 radical (unpaired) electrons. The van der Waals surface area contributed by atoms with E-state index < -0.39 is 12.1 Å². The van der Waals surface area contributed by atoms with Gasteiger partial charge in [0, 0.05) is 26.2 Å².